The summed E-state index contributed by atoms with van der Waals surface area (Å²) < 4.78 is 83.7. The summed E-state index contributed by atoms with van der Waals surface area (Å²) in [6.07, 6.45) is 18.6. The van der Waals surface area contributed by atoms with Crippen LogP contribution in [0.3, 0.4) is 0 Å². The molecule has 45 heteroatoms. The number of ether oxygens (including phenoxy) is 5. The number of alkyl halides is 4. The molecule has 1 fully saturated rings. The Balaban J connectivity index is 0.000000565. The number of benzene rings is 8. The zero-order chi connectivity index (χ0) is 100. The van der Waals surface area contributed by atoms with Gasteiger partial charge in [-0.1, -0.05) is 103 Å². The zero-order valence-electron chi connectivity index (χ0n) is 80.6. The number of halogens is 8. The fourth-order valence-electron chi connectivity index (χ4n) is 12.4. The number of anilines is 5. The maximum Gasteiger partial charge on any atom is 1.00 e. The van der Waals surface area contributed by atoms with Gasteiger partial charge in [-0.25, -0.2) is 44.3 Å². The molecule has 1 aliphatic heterocycles. The van der Waals surface area contributed by atoms with Crippen molar-refractivity contribution in [1.82, 2.24) is 74.2 Å². The van der Waals surface area contributed by atoms with Crippen molar-refractivity contribution in [3.8, 4) is 56.8 Å². The van der Waals surface area contributed by atoms with E-state index in [0.29, 0.717) is 59.4 Å². The Morgan fingerprint density at radius 3 is 1.39 bits per heavy atom. The first-order chi connectivity index (χ1) is 66.7. The van der Waals surface area contributed by atoms with Crippen LogP contribution in [0.4, 0.5) is 68.0 Å². The number of hydrogen-bond donors (Lipinski definition) is 8. The number of hydrogen-bond acceptors (Lipinski definition) is 25. The maximum atomic E-state index is 12.9. The van der Waals surface area contributed by atoms with E-state index in [4.69, 9.17) is 64.6 Å². The Kier molecular flexibility index (Phi) is 60.0. The van der Waals surface area contributed by atoms with Gasteiger partial charge in [0.2, 0.25) is 34.0 Å². The first-order valence-electron chi connectivity index (χ1n) is 42.6. The minimum Gasteiger partial charge on any atom is -1.00 e. The van der Waals surface area contributed by atoms with Crippen LogP contribution in [0, 0.1) is 67.3 Å². The standard InChI is InChI=1S/C23H24N6O4.C19H15N5O3.C12H8ClN3.C10H10FN.C8H7N.C7H7FN2O3.C4H2Cl2N2.C4H11NO.C4H8O.3C2H5F.Na.U.V.W.H/c1-28(2)10-11-33-22-13-21(32-3)19(12-20(22)29(30)31)27-23-24-9-8-18(26-23)16-14-25-17-7-5-4-6-15(16)17;1-27-18-7-6-12(24(25)26)10-17(18)23-19-20-9-8-16(22-19)14-11-21-15-5-3-2-4-13(14)15;13-12-14-6-5-11(16-12)9-7-15-10-4-2-1-3-8(9)10;11-6-8-12-7-5-9-3-1-2-4-10(9)12;1-2-4-8-7(3-1)5-6-9-8;1-13-7-2-4(8)6(10(11)12)3-5(7)9;5-3-1-2-7-4(6)8-3;1-5(2)3-4-6;1-2-4-5-3-1;3*1-2-3;;;;;/h4-9,12-14,25H,10-11H2,1-3H3,(H,24,26,27);2-11,21H,1H3,(H,20,22,23);1-7,15H;1-5,7H,6,8H2;1-6,9H;2-3H,9H2,1H3;1-2H;6H,3-4H2,1-2H3;1-4H2;3*2H2,1H3;;;;;/q;;;;;;;;;;;;+1;;;;-1. The topological polar surface area (TPSA) is 424 Å². The summed E-state index contributed by atoms with van der Waals surface area (Å²) in [5.41, 5.74) is 15.9. The van der Waals surface area contributed by atoms with Crippen molar-refractivity contribution in [2.75, 3.05) is 132 Å². The van der Waals surface area contributed by atoms with Gasteiger partial charge in [0, 0.05) is 250 Å². The molecule has 9 N–H and O–H groups in total. The predicted molar refractivity (Wildman–Crippen MR) is 537 cm³/mol. The van der Waals surface area contributed by atoms with E-state index in [9.17, 15) is 52.3 Å². The van der Waals surface area contributed by atoms with Crippen LogP contribution in [0.5, 0.6) is 23.0 Å². The van der Waals surface area contributed by atoms with E-state index in [1.807, 2.05) is 201 Å². The van der Waals surface area contributed by atoms with Gasteiger partial charge in [0.1, 0.15) is 35.7 Å². The van der Waals surface area contributed by atoms with Gasteiger partial charge in [0.25, 0.3) is 5.69 Å². The summed E-state index contributed by atoms with van der Waals surface area (Å²) in [4.78, 5) is 80.7. The SMILES string of the molecule is C1CCOC1.CCF.CCF.CCF.CN(C)CCO.COc1cc(F)c([N+](=O)[O-])cc1N.COc1cc(OCCN(C)C)c([N+](=O)[O-])cc1Nc1nccc(-c2c[nH]c3ccccc23)n1.COc1ccc([N+](=O)[O-])cc1Nc1nccc(-c2c[nH]c3ccccc23)n1.Clc1ccnc(Cl)n1.Clc1nccc(-c2c[nH]c3ccccc23)n1.FCCn1ccc2ccccc21.[H-].[Na+].[U].[V].[W].c1ccc2[nH]ccc2c1. The number of nitrogens with zero attached hydrogens (tertiary/aromatic N) is 14. The number of fused-ring (bicyclic) bond motifs is 5. The molecule has 0 spiro atoms. The summed E-state index contributed by atoms with van der Waals surface area (Å²) in [6.45, 7) is 7.71. The third-order valence-corrected chi connectivity index (χ3v) is 19.2. The number of H-pyrrole nitrogens is 4. The third kappa shape index (κ3) is 40.9. The summed E-state index contributed by atoms with van der Waals surface area (Å²) in [5, 5.41) is 53.7. The fourth-order valence-corrected chi connectivity index (χ4v) is 12.8. The molecule has 0 atom stereocenters. The molecular formula is C97H108Cl3F5N21NaO12UVW. The average molecular weight is 2460 g/mol. The summed E-state index contributed by atoms with van der Waals surface area (Å²) in [6, 6.07) is 60.2. The van der Waals surface area contributed by atoms with Crippen LogP contribution in [0.2, 0.25) is 15.7 Å². The number of nitrogen functional groups attached to an aromatic ring is 1. The Morgan fingerprint density at radius 2 is 0.972 bits per heavy atom. The largest absolute Gasteiger partial charge is 1.00 e. The normalized spacial score (nSPS) is 10.4. The van der Waals surface area contributed by atoms with Crippen molar-refractivity contribution in [2.45, 2.75) is 40.2 Å². The van der Waals surface area contributed by atoms with Gasteiger partial charge in [-0.3, -0.25) is 43.5 Å². The first kappa shape index (κ1) is 124. The molecule has 1 radical (unpaired) electrons. The molecule has 0 bridgehead atoms. The number of para-hydroxylation sites is 5. The monoisotopic (exact) mass is 2450 g/mol. The Labute approximate surface area is 905 Å². The molecule has 0 aliphatic carbocycles. The van der Waals surface area contributed by atoms with Crippen LogP contribution in [0.15, 0.2) is 256 Å². The average Bonchev–Trinajstić information content (AvgIpc) is 1.70. The molecule has 10 heterocycles. The molecule has 0 saturated carbocycles. The van der Waals surface area contributed by atoms with E-state index in [0.717, 1.165) is 98.2 Å². The Bertz CT molecular complexity index is 6560. The minimum atomic E-state index is -0.962. The number of aromatic nitrogens is 13. The predicted octanol–water partition coefficient (Wildman–Crippen LogP) is 20.1. The summed E-state index contributed by atoms with van der Waals surface area (Å²) in [7, 11) is 11.9. The van der Waals surface area contributed by atoms with Gasteiger partial charge in [0.15, 0.2) is 0 Å². The molecular weight excluding hydrogens is 2350 g/mol. The minimum absolute atomic E-state index is 0. The van der Waals surface area contributed by atoms with Crippen molar-refractivity contribution >= 4 is 135 Å². The number of nitrogens with one attached hydrogen (secondary N) is 6. The molecule has 33 nitrogen and oxygen atoms in total. The zero-order valence-corrected chi connectivity index (χ0v) is 92.4. The van der Waals surface area contributed by atoms with Crippen LogP contribution < -0.4 is 64.9 Å². The van der Waals surface area contributed by atoms with Crippen LogP contribution in [-0.4, -0.2) is 210 Å². The van der Waals surface area contributed by atoms with Crippen molar-refractivity contribution in [3.63, 3.8) is 0 Å². The van der Waals surface area contributed by atoms with Gasteiger partial charge in [0.05, 0.1) is 103 Å². The number of likely N-dealkylation sites (N-methyl/N-ethyl adjacent to an activating group) is 2. The molecule has 1 aliphatic rings. The summed E-state index contributed by atoms with van der Waals surface area (Å²) >= 11 is 16.5. The number of non-ortho nitro benzene ring substituents is 1. The van der Waals surface area contributed by atoms with Crippen molar-refractivity contribution in [2.24, 2.45) is 0 Å². The smallest absolute Gasteiger partial charge is 1.00 e. The Hall–Kier alpha value is -11.7. The molecule has 9 aromatic heterocycles. The number of nitro groups is 3. The van der Waals surface area contributed by atoms with E-state index >= 15 is 0 Å². The van der Waals surface area contributed by atoms with Crippen LogP contribution >= 0.6 is 34.8 Å². The number of aliphatic hydroxyl groups excluding tert-OH is 1. The van der Waals surface area contributed by atoms with E-state index in [1.54, 1.807) is 24.7 Å². The van der Waals surface area contributed by atoms with Crippen LogP contribution in [0.1, 0.15) is 35.0 Å². The molecule has 142 heavy (non-hydrogen) atoms. The third-order valence-electron chi connectivity index (χ3n) is 18.6. The number of aliphatic hydroxyl groups is 1. The van der Waals surface area contributed by atoms with E-state index in [2.05, 4.69) is 99.4 Å². The number of nitrogens with two attached hydrogens (primary N) is 1. The number of methoxy groups -OCH3 is 3. The molecule has 8 aromatic carbocycles. The second-order valence-electron chi connectivity index (χ2n) is 28.7. The fraction of sp³-hybridized carbons (Fsp3) is 0.237. The van der Waals surface area contributed by atoms with E-state index in [-0.39, 0.29) is 180 Å². The van der Waals surface area contributed by atoms with Crippen LogP contribution in [0.25, 0.3) is 88.3 Å². The summed E-state index contributed by atoms with van der Waals surface area (Å²) in [5.74, 6) is 0.698. The van der Waals surface area contributed by atoms with Gasteiger partial charge >= 0.3 is 40.9 Å². The molecule has 1 saturated heterocycles. The second kappa shape index (κ2) is 68.4. The molecule has 0 unspecified atom stereocenters. The van der Waals surface area contributed by atoms with Crippen molar-refractivity contribution in [1.29, 1.82) is 0 Å². The second-order valence-corrected chi connectivity index (χ2v) is 29.8. The van der Waals surface area contributed by atoms with Gasteiger partial charge in [-0.2, -0.15) is 4.39 Å². The molecule has 745 valence electrons. The first-order valence-corrected chi connectivity index (χ1v) is 43.7. The van der Waals surface area contributed by atoms with Crippen molar-refractivity contribution in [3.05, 3.63) is 308 Å². The number of rotatable bonds is 21. The number of aryl methyl sites for hydroxylation is 1. The molecule has 17 aromatic rings. The quantitative estimate of drug-likeness (QED) is 0.00630. The Morgan fingerprint density at radius 1 is 0.521 bits per heavy atom. The molecule has 18 rings (SSSR count). The van der Waals surface area contributed by atoms with Crippen molar-refractivity contribution < 1.29 is 167 Å². The van der Waals surface area contributed by atoms with Crippen LogP contribution in [-0.2, 0) is 50.9 Å². The van der Waals surface area contributed by atoms with Gasteiger partial charge in [-0.15, -0.1) is 0 Å². The van der Waals surface area contributed by atoms with Gasteiger partial charge < -0.3 is 80.9 Å². The van der Waals surface area contributed by atoms with E-state index < -0.39 is 26.3 Å². The number of nitro benzene ring substituents is 3. The van der Waals surface area contributed by atoms with E-state index in [1.165, 1.54) is 108 Å². The maximum absolute atomic E-state index is 12.9. The van der Waals surface area contributed by atoms with Gasteiger partial charge in [-0.05, 0) is 169 Å². The number of aromatic amines is 4. The molecule has 0 amide bonds.